The maximum Gasteiger partial charge on any atom is 0.321 e. The van der Waals surface area contributed by atoms with Gasteiger partial charge < -0.3 is 15.1 Å². The minimum Gasteiger partial charge on any atom is -0.362 e. The van der Waals surface area contributed by atoms with E-state index in [1.165, 1.54) is 6.07 Å². The number of amides is 2. The molecule has 5 rings (SSSR count). The molecule has 2 saturated heterocycles. The van der Waals surface area contributed by atoms with Gasteiger partial charge in [-0.1, -0.05) is 17.7 Å². The van der Waals surface area contributed by atoms with Gasteiger partial charge in [0.15, 0.2) is 0 Å². The summed E-state index contributed by atoms with van der Waals surface area (Å²) in [6.45, 7) is 1.71. The molecule has 9 heteroatoms. The van der Waals surface area contributed by atoms with Crippen LogP contribution in [0.4, 0.5) is 29.3 Å². The van der Waals surface area contributed by atoms with Crippen LogP contribution in [0.15, 0.2) is 60.8 Å². The third-order valence-electron chi connectivity index (χ3n) is 6.74. The second kappa shape index (κ2) is 8.83. The lowest BCUT2D eigenvalue weighted by Crippen LogP contribution is -2.63. The lowest BCUT2D eigenvalue weighted by molar-refractivity contribution is 0.0441. The van der Waals surface area contributed by atoms with Crippen LogP contribution in [0.1, 0.15) is 24.6 Å². The molecule has 2 amide bonds. The fourth-order valence-corrected chi connectivity index (χ4v) is 5.24. The van der Waals surface area contributed by atoms with Gasteiger partial charge in [-0.3, -0.25) is 4.98 Å². The number of pyridine rings is 1. The summed E-state index contributed by atoms with van der Waals surface area (Å²) < 4.78 is 40.6. The van der Waals surface area contributed by atoms with Crippen molar-refractivity contribution in [3.63, 3.8) is 0 Å². The second-order valence-electron chi connectivity index (χ2n) is 8.82. The Labute approximate surface area is 200 Å². The van der Waals surface area contributed by atoms with Crippen molar-refractivity contribution in [3.8, 4) is 0 Å². The number of aromatic nitrogens is 1. The van der Waals surface area contributed by atoms with Crippen molar-refractivity contribution in [2.45, 2.75) is 18.9 Å². The minimum atomic E-state index is -0.749. The number of hydrogen-bond donors (Lipinski definition) is 1. The average molecular weight is 487 g/mol. The quantitative estimate of drug-likeness (QED) is 0.492. The predicted octanol–water partition coefficient (Wildman–Crippen LogP) is 6.03. The van der Waals surface area contributed by atoms with Gasteiger partial charge in [0.1, 0.15) is 17.5 Å². The number of likely N-dealkylation sites (tertiary alicyclic amines) is 1. The highest BCUT2D eigenvalue weighted by Crippen LogP contribution is 2.56. The number of benzene rings is 2. The average Bonchev–Trinajstić information content (AvgIpc) is 2.80. The molecule has 2 fully saturated rings. The van der Waals surface area contributed by atoms with E-state index in [4.69, 9.17) is 11.6 Å². The largest absolute Gasteiger partial charge is 0.362 e. The first-order chi connectivity index (χ1) is 16.3. The summed E-state index contributed by atoms with van der Waals surface area (Å²) in [5.74, 6) is -1.96. The maximum atomic E-state index is 13.7. The highest BCUT2D eigenvalue weighted by molar-refractivity contribution is 6.31. The Morgan fingerprint density at radius 2 is 1.76 bits per heavy atom. The Kier molecular flexibility index (Phi) is 5.85. The van der Waals surface area contributed by atoms with Crippen LogP contribution in [0.2, 0.25) is 5.02 Å². The van der Waals surface area contributed by atoms with Gasteiger partial charge in [0.05, 0.1) is 16.8 Å². The first-order valence-corrected chi connectivity index (χ1v) is 11.4. The van der Waals surface area contributed by atoms with E-state index < -0.39 is 23.5 Å². The molecule has 3 heterocycles. The maximum absolute atomic E-state index is 13.7. The van der Waals surface area contributed by atoms with Crippen molar-refractivity contribution in [3.05, 3.63) is 89.0 Å². The number of urea groups is 1. The van der Waals surface area contributed by atoms with Gasteiger partial charge in [-0.25, -0.2) is 18.0 Å². The second-order valence-corrected chi connectivity index (χ2v) is 9.23. The van der Waals surface area contributed by atoms with Crippen LogP contribution in [-0.2, 0) is 0 Å². The van der Waals surface area contributed by atoms with E-state index in [0.717, 1.165) is 49.0 Å². The van der Waals surface area contributed by atoms with Gasteiger partial charge in [0.2, 0.25) is 0 Å². The molecule has 1 atom stereocenters. The molecule has 1 aromatic heterocycles. The molecule has 2 aliphatic heterocycles. The number of hydrogen-bond acceptors (Lipinski definition) is 3. The fraction of sp³-hybridized carbons (Fsp3) is 0.280. The normalized spacial score (nSPS) is 19.1. The van der Waals surface area contributed by atoms with E-state index in [-0.39, 0.29) is 22.2 Å². The lowest BCUT2D eigenvalue weighted by atomic mass is 9.64. The monoisotopic (exact) mass is 486 g/mol. The molecule has 5 nitrogen and oxygen atoms in total. The summed E-state index contributed by atoms with van der Waals surface area (Å²) in [5, 5.41) is 2.65. The van der Waals surface area contributed by atoms with Crippen molar-refractivity contribution in [2.75, 3.05) is 29.9 Å². The van der Waals surface area contributed by atoms with E-state index in [0.29, 0.717) is 13.1 Å². The number of nitrogens with zero attached hydrogens (tertiary/aromatic N) is 3. The smallest absolute Gasteiger partial charge is 0.321 e. The Balaban J connectivity index is 1.32. The summed E-state index contributed by atoms with van der Waals surface area (Å²) in [7, 11) is 0. The first kappa shape index (κ1) is 22.5. The number of halogens is 4. The van der Waals surface area contributed by atoms with Crippen LogP contribution >= 0.6 is 11.6 Å². The van der Waals surface area contributed by atoms with E-state index in [1.807, 2.05) is 18.2 Å². The van der Waals surface area contributed by atoms with Crippen molar-refractivity contribution in [1.82, 2.24) is 9.88 Å². The number of carbonyl (C=O) groups excluding carboxylic acids is 1. The Morgan fingerprint density at radius 3 is 2.41 bits per heavy atom. The van der Waals surface area contributed by atoms with Crippen molar-refractivity contribution in [1.29, 1.82) is 0 Å². The van der Waals surface area contributed by atoms with Crippen molar-refractivity contribution in [2.24, 2.45) is 5.41 Å². The molecule has 1 spiro atoms. The summed E-state index contributed by atoms with van der Waals surface area (Å²) in [6.07, 6.45) is 3.20. The summed E-state index contributed by atoms with van der Waals surface area (Å²) in [6, 6.07) is 13.0. The van der Waals surface area contributed by atoms with Gasteiger partial charge in [0, 0.05) is 48.7 Å². The highest BCUT2D eigenvalue weighted by Gasteiger charge is 2.55. The minimum absolute atomic E-state index is 0.0437. The number of rotatable bonds is 3. The molecular formula is C25H22ClF3N4O. The van der Waals surface area contributed by atoms with Crippen LogP contribution in [0, 0.1) is 22.9 Å². The molecule has 34 heavy (non-hydrogen) atoms. The zero-order valence-electron chi connectivity index (χ0n) is 18.1. The van der Waals surface area contributed by atoms with Crippen LogP contribution in [-0.4, -0.2) is 35.5 Å². The van der Waals surface area contributed by atoms with Gasteiger partial charge in [-0.05, 0) is 55.3 Å². The van der Waals surface area contributed by atoms with Gasteiger partial charge in [-0.15, -0.1) is 0 Å². The topological polar surface area (TPSA) is 48.5 Å². The molecule has 1 unspecified atom stereocenters. The van der Waals surface area contributed by atoms with Gasteiger partial charge >= 0.3 is 6.03 Å². The highest BCUT2D eigenvalue weighted by atomic mass is 35.5. The Hall–Kier alpha value is -3.26. The molecule has 0 saturated carbocycles. The van der Waals surface area contributed by atoms with E-state index in [2.05, 4.69) is 15.2 Å². The zero-order chi connectivity index (χ0) is 23.9. The molecule has 3 aromatic rings. The van der Waals surface area contributed by atoms with Crippen LogP contribution < -0.4 is 10.2 Å². The van der Waals surface area contributed by atoms with Crippen molar-refractivity contribution >= 4 is 29.0 Å². The number of carbonyl (C=O) groups is 1. The van der Waals surface area contributed by atoms with Crippen LogP contribution in [0.25, 0.3) is 0 Å². The molecule has 2 aliphatic rings. The van der Waals surface area contributed by atoms with Crippen molar-refractivity contribution < 1.29 is 18.0 Å². The molecule has 1 N–H and O–H groups in total. The first-order valence-electron chi connectivity index (χ1n) is 11.0. The van der Waals surface area contributed by atoms with E-state index >= 15 is 0 Å². The lowest BCUT2D eigenvalue weighted by Gasteiger charge is -2.61. The van der Waals surface area contributed by atoms with E-state index in [1.54, 1.807) is 23.2 Å². The standard InChI is InChI=1S/C25H22ClF3N4O/c26-20-14-19(4-5-21(20)29)33-15-25(23(33)22-3-1-2-8-30-22)6-9-32(10-7-25)24(34)31-18-12-16(27)11-17(28)13-18/h1-5,8,11-14,23H,6-7,9-10,15H2,(H,31,34). The SMILES string of the molecule is O=C(Nc1cc(F)cc(F)c1)N1CCC2(CC1)CN(c1ccc(F)c(Cl)c1)C2c1ccccn1. The Bertz CT molecular complexity index is 1200. The van der Waals surface area contributed by atoms with E-state index in [9.17, 15) is 18.0 Å². The predicted molar refractivity (Wildman–Crippen MR) is 124 cm³/mol. The number of anilines is 2. The zero-order valence-corrected chi connectivity index (χ0v) is 18.9. The molecule has 0 radical (unpaired) electrons. The van der Waals surface area contributed by atoms with Gasteiger partial charge in [-0.2, -0.15) is 0 Å². The molecule has 176 valence electrons. The number of piperidine rings is 1. The third kappa shape index (κ3) is 4.18. The van der Waals surface area contributed by atoms with Gasteiger partial charge in [0.25, 0.3) is 0 Å². The molecule has 2 aromatic carbocycles. The molecule has 0 bridgehead atoms. The Morgan fingerprint density at radius 1 is 1.03 bits per heavy atom. The molecule has 0 aliphatic carbocycles. The number of nitrogens with one attached hydrogen (secondary N) is 1. The third-order valence-corrected chi connectivity index (χ3v) is 7.03. The summed E-state index contributed by atoms with van der Waals surface area (Å²) in [5.41, 5.74) is 1.69. The van der Waals surface area contributed by atoms with Crippen LogP contribution in [0.3, 0.4) is 0 Å². The summed E-state index contributed by atoms with van der Waals surface area (Å²) in [4.78, 5) is 21.1. The fourth-order valence-electron chi connectivity index (χ4n) is 5.07. The summed E-state index contributed by atoms with van der Waals surface area (Å²) >= 11 is 6.03. The molecular weight excluding hydrogens is 465 g/mol. The van der Waals surface area contributed by atoms with Crippen LogP contribution in [0.5, 0.6) is 0 Å².